The van der Waals surface area contributed by atoms with Crippen LogP contribution in [0.2, 0.25) is 0 Å². The van der Waals surface area contributed by atoms with Crippen LogP contribution in [0.15, 0.2) is 0 Å². The number of nitrogens with zero attached hydrogens (tertiary/aromatic N) is 1. The molecular weight excluding hydrogens is 223 g/mol. The summed E-state index contributed by atoms with van der Waals surface area (Å²) in [7, 11) is 0. The van der Waals surface area contributed by atoms with Gasteiger partial charge in [-0.25, -0.2) is 0 Å². The minimum atomic E-state index is -4.31. The first-order valence-electron chi connectivity index (χ1n) is 5.54. The summed E-state index contributed by atoms with van der Waals surface area (Å²) in [5.41, 5.74) is 0. The standard InChI is InChI=1S/C10H18F3NO2/c1-2-14(5-6-15)9(10(11,12)13)8-4-3-7-16-8/h8-9,15H,2-7H2,1H3. The second-order valence-electron chi connectivity index (χ2n) is 3.89. The molecular formula is C10H18F3NO2. The molecule has 1 heterocycles. The Labute approximate surface area is 93.2 Å². The summed E-state index contributed by atoms with van der Waals surface area (Å²) in [5.74, 6) is 0. The molecule has 0 amide bonds. The van der Waals surface area contributed by atoms with E-state index in [0.29, 0.717) is 19.4 Å². The van der Waals surface area contributed by atoms with Gasteiger partial charge < -0.3 is 9.84 Å². The van der Waals surface area contributed by atoms with Crippen LogP contribution in [0.3, 0.4) is 0 Å². The number of hydrogen-bond donors (Lipinski definition) is 1. The average Bonchev–Trinajstić information content (AvgIpc) is 2.68. The van der Waals surface area contributed by atoms with Gasteiger partial charge in [0.05, 0.1) is 12.7 Å². The highest BCUT2D eigenvalue weighted by Gasteiger charge is 2.49. The van der Waals surface area contributed by atoms with E-state index in [4.69, 9.17) is 9.84 Å². The minimum Gasteiger partial charge on any atom is -0.395 e. The predicted octanol–water partition coefficient (Wildman–Crippen LogP) is 1.41. The first-order valence-corrected chi connectivity index (χ1v) is 5.54. The predicted molar refractivity (Wildman–Crippen MR) is 53.1 cm³/mol. The van der Waals surface area contributed by atoms with Crippen molar-refractivity contribution in [1.29, 1.82) is 0 Å². The van der Waals surface area contributed by atoms with Gasteiger partial charge in [-0.1, -0.05) is 6.92 Å². The first-order chi connectivity index (χ1) is 7.50. The van der Waals surface area contributed by atoms with Crippen molar-refractivity contribution in [1.82, 2.24) is 4.90 Å². The normalized spacial score (nSPS) is 24.0. The fraction of sp³-hybridized carbons (Fsp3) is 1.00. The molecule has 6 heteroatoms. The highest BCUT2D eigenvalue weighted by molar-refractivity contribution is 4.88. The van der Waals surface area contributed by atoms with Gasteiger partial charge in [0.15, 0.2) is 0 Å². The Balaban J connectivity index is 2.76. The zero-order chi connectivity index (χ0) is 12.2. The molecule has 96 valence electrons. The Morgan fingerprint density at radius 2 is 2.19 bits per heavy atom. The van der Waals surface area contributed by atoms with Crippen LogP contribution in [0.25, 0.3) is 0 Å². The molecule has 2 unspecified atom stereocenters. The quantitative estimate of drug-likeness (QED) is 0.790. The summed E-state index contributed by atoms with van der Waals surface area (Å²) < 4.78 is 43.9. The van der Waals surface area contributed by atoms with Crippen molar-refractivity contribution in [2.45, 2.75) is 38.1 Å². The number of aliphatic hydroxyl groups excluding tert-OH is 1. The van der Waals surface area contributed by atoms with Crippen LogP contribution in [-0.4, -0.2) is 54.6 Å². The molecule has 16 heavy (non-hydrogen) atoms. The maximum Gasteiger partial charge on any atom is 0.406 e. The zero-order valence-corrected chi connectivity index (χ0v) is 9.33. The zero-order valence-electron chi connectivity index (χ0n) is 9.33. The molecule has 0 bridgehead atoms. The van der Waals surface area contributed by atoms with Gasteiger partial charge in [0.25, 0.3) is 0 Å². The van der Waals surface area contributed by atoms with Crippen LogP contribution in [-0.2, 0) is 4.74 Å². The van der Waals surface area contributed by atoms with E-state index in [1.807, 2.05) is 0 Å². The van der Waals surface area contributed by atoms with Gasteiger partial charge in [-0.3, -0.25) is 4.90 Å². The van der Waals surface area contributed by atoms with Crippen LogP contribution in [0.1, 0.15) is 19.8 Å². The molecule has 0 aromatic carbocycles. The van der Waals surface area contributed by atoms with E-state index in [1.165, 1.54) is 4.90 Å². The van der Waals surface area contributed by atoms with Crippen LogP contribution in [0, 0.1) is 0 Å². The lowest BCUT2D eigenvalue weighted by molar-refractivity contribution is -0.210. The van der Waals surface area contributed by atoms with Crippen molar-refractivity contribution in [3.05, 3.63) is 0 Å². The molecule has 1 fully saturated rings. The van der Waals surface area contributed by atoms with Gasteiger partial charge in [-0.05, 0) is 19.4 Å². The van der Waals surface area contributed by atoms with E-state index in [0.717, 1.165) is 0 Å². The number of aliphatic hydroxyl groups is 1. The average molecular weight is 241 g/mol. The van der Waals surface area contributed by atoms with E-state index >= 15 is 0 Å². The van der Waals surface area contributed by atoms with Gasteiger partial charge in [0, 0.05) is 13.2 Å². The second kappa shape index (κ2) is 5.84. The molecule has 1 saturated heterocycles. The Kier molecular flexibility index (Phi) is 5.01. The summed E-state index contributed by atoms with van der Waals surface area (Å²) in [4.78, 5) is 1.23. The van der Waals surface area contributed by atoms with E-state index in [2.05, 4.69) is 0 Å². The van der Waals surface area contributed by atoms with Gasteiger partial charge >= 0.3 is 6.18 Å². The molecule has 0 aliphatic carbocycles. The molecule has 0 spiro atoms. The number of hydrogen-bond acceptors (Lipinski definition) is 3. The van der Waals surface area contributed by atoms with Crippen LogP contribution >= 0.6 is 0 Å². The molecule has 2 atom stereocenters. The summed E-state index contributed by atoms with van der Waals surface area (Å²) in [6, 6.07) is -1.59. The van der Waals surface area contributed by atoms with Crippen LogP contribution in [0.5, 0.6) is 0 Å². The minimum absolute atomic E-state index is 0.0283. The summed E-state index contributed by atoms with van der Waals surface area (Å²) >= 11 is 0. The summed E-state index contributed by atoms with van der Waals surface area (Å²) in [5, 5.41) is 8.78. The Morgan fingerprint density at radius 3 is 2.56 bits per heavy atom. The maximum absolute atomic E-state index is 12.9. The SMILES string of the molecule is CCN(CCO)C(C1CCCO1)C(F)(F)F. The molecule has 1 aliphatic heterocycles. The number of likely N-dealkylation sites (N-methyl/N-ethyl adjacent to an activating group) is 1. The van der Waals surface area contributed by atoms with E-state index in [9.17, 15) is 13.2 Å². The largest absolute Gasteiger partial charge is 0.406 e. The van der Waals surface area contributed by atoms with E-state index in [-0.39, 0.29) is 19.7 Å². The van der Waals surface area contributed by atoms with Crippen molar-refractivity contribution in [2.75, 3.05) is 26.3 Å². The van der Waals surface area contributed by atoms with E-state index < -0.39 is 18.3 Å². The Hall–Kier alpha value is -0.330. The Bertz CT molecular complexity index is 205. The lowest BCUT2D eigenvalue weighted by atomic mass is 10.1. The third-order valence-electron chi connectivity index (χ3n) is 2.84. The fourth-order valence-corrected chi connectivity index (χ4v) is 2.13. The number of halogens is 3. The van der Waals surface area contributed by atoms with E-state index in [1.54, 1.807) is 6.92 Å². The fourth-order valence-electron chi connectivity index (χ4n) is 2.13. The van der Waals surface area contributed by atoms with Gasteiger partial charge in [0.2, 0.25) is 0 Å². The van der Waals surface area contributed by atoms with Gasteiger partial charge in [-0.15, -0.1) is 0 Å². The third-order valence-corrected chi connectivity index (χ3v) is 2.84. The maximum atomic E-state index is 12.9. The molecule has 0 aromatic rings. The van der Waals surface area contributed by atoms with Gasteiger partial charge in [-0.2, -0.15) is 13.2 Å². The topological polar surface area (TPSA) is 32.7 Å². The molecule has 0 aromatic heterocycles. The van der Waals surface area contributed by atoms with Crippen LogP contribution < -0.4 is 0 Å². The molecule has 3 nitrogen and oxygen atoms in total. The lowest BCUT2D eigenvalue weighted by Gasteiger charge is -2.35. The molecule has 1 rings (SSSR count). The van der Waals surface area contributed by atoms with Crippen molar-refractivity contribution in [2.24, 2.45) is 0 Å². The first kappa shape index (κ1) is 13.7. The molecule has 1 N–H and O–H groups in total. The number of rotatable bonds is 5. The molecule has 0 saturated carbocycles. The highest BCUT2D eigenvalue weighted by atomic mass is 19.4. The van der Waals surface area contributed by atoms with Crippen molar-refractivity contribution < 1.29 is 23.0 Å². The number of alkyl halides is 3. The molecule has 0 radical (unpaired) electrons. The van der Waals surface area contributed by atoms with Gasteiger partial charge in [0.1, 0.15) is 6.04 Å². The second-order valence-corrected chi connectivity index (χ2v) is 3.89. The summed E-state index contributed by atoms with van der Waals surface area (Å²) in [6.45, 7) is 2.07. The highest BCUT2D eigenvalue weighted by Crippen LogP contribution is 2.32. The summed E-state index contributed by atoms with van der Waals surface area (Å²) in [6.07, 6.45) is -3.98. The van der Waals surface area contributed by atoms with Crippen molar-refractivity contribution in [3.8, 4) is 0 Å². The Morgan fingerprint density at radius 1 is 1.50 bits per heavy atom. The third kappa shape index (κ3) is 3.33. The lowest BCUT2D eigenvalue weighted by Crippen LogP contribution is -2.53. The van der Waals surface area contributed by atoms with Crippen molar-refractivity contribution >= 4 is 0 Å². The monoisotopic (exact) mass is 241 g/mol. The number of ether oxygens (including phenoxy) is 1. The van der Waals surface area contributed by atoms with Crippen LogP contribution in [0.4, 0.5) is 13.2 Å². The van der Waals surface area contributed by atoms with Crippen molar-refractivity contribution in [3.63, 3.8) is 0 Å². The smallest absolute Gasteiger partial charge is 0.395 e. The molecule has 1 aliphatic rings.